The van der Waals surface area contributed by atoms with Gasteiger partial charge in [-0.2, -0.15) is 0 Å². The minimum Gasteiger partial charge on any atom is -0.352 e. The number of nitrogens with one attached hydrogen (secondary N) is 2. The maximum Gasteiger partial charge on any atom is 0.221 e. The van der Waals surface area contributed by atoms with Gasteiger partial charge in [-0.05, 0) is 18.6 Å². The zero-order valence-corrected chi connectivity index (χ0v) is 12.7. The van der Waals surface area contributed by atoms with E-state index in [1.54, 1.807) is 18.2 Å². The van der Waals surface area contributed by atoms with Crippen LogP contribution in [0.15, 0.2) is 48.5 Å². The van der Waals surface area contributed by atoms with Crippen LogP contribution in [0.1, 0.15) is 23.1 Å². The highest BCUT2D eigenvalue weighted by Crippen LogP contribution is 2.05. The number of halogens is 1. The van der Waals surface area contributed by atoms with Crippen molar-refractivity contribution in [2.75, 3.05) is 6.54 Å². The summed E-state index contributed by atoms with van der Waals surface area (Å²) in [6.07, 6.45) is 0.375. The second-order valence-electron chi connectivity index (χ2n) is 5.28. The molecule has 0 fully saturated rings. The third-order valence-corrected chi connectivity index (χ3v) is 3.37. The average molecular weight is 300 g/mol. The molecule has 0 aliphatic carbocycles. The van der Waals surface area contributed by atoms with Crippen LogP contribution in [0, 0.1) is 12.7 Å². The van der Waals surface area contributed by atoms with Gasteiger partial charge in [0.05, 0.1) is 0 Å². The molecule has 0 spiro atoms. The Kier molecular flexibility index (Phi) is 6.10. The van der Waals surface area contributed by atoms with E-state index in [-0.39, 0.29) is 18.3 Å². The van der Waals surface area contributed by atoms with Crippen molar-refractivity contribution in [1.82, 2.24) is 10.6 Å². The normalized spacial score (nSPS) is 10.5. The number of hydrogen-bond acceptors (Lipinski definition) is 2. The highest BCUT2D eigenvalue weighted by atomic mass is 19.1. The molecule has 0 saturated carbocycles. The smallest absolute Gasteiger partial charge is 0.221 e. The average Bonchev–Trinajstić information content (AvgIpc) is 2.51. The zero-order chi connectivity index (χ0) is 15.8. The van der Waals surface area contributed by atoms with Crippen LogP contribution in [0.5, 0.6) is 0 Å². The molecule has 0 aliphatic rings. The number of carbonyl (C=O) groups is 1. The Hall–Kier alpha value is -2.20. The first-order valence-corrected chi connectivity index (χ1v) is 7.41. The summed E-state index contributed by atoms with van der Waals surface area (Å²) >= 11 is 0. The van der Waals surface area contributed by atoms with Gasteiger partial charge in [0.2, 0.25) is 5.91 Å². The van der Waals surface area contributed by atoms with Crippen LogP contribution in [0.3, 0.4) is 0 Å². The van der Waals surface area contributed by atoms with E-state index in [1.165, 1.54) is 17.2 Å². The summed E-state index contributed by atoms with van der Waals surface area (Å²) in [4.78, 5) is 11.7. The first-order chi connectivity index (χ1) is 10.6. The highest BCUT2D eigenvalue weighted by molar-refractivity contribution is 5.76. The lowest BCUT2D eigenvalue weighted by Crippen LogP contribution is -2.27. The molecular weight excluding hydrogens is 279 g/mol. The number of amides is 1. The molecule has 0 aliphatic heterocycles. The van der Waals surface area contributed by atoms with Crippen LogP contribution in [0.2, 0.25) is 0 Å². The minimum atomic E-state index is -0.291. The maximum absolute atomic E-state index is 13.4. The number of benzene rings is 2. The van der Waals surface area contributed by atoms with E-state index in [0.29, 0.717) is 18.5 Å². The van der Waals surface area contributed by atoms with Crippen molar-refractivity contribution in [3.63, 3.8) is 0 Å². The van der Waals surface area contributed by atoms with Crippen LogP contribution in [0.4, 0.5) is 4.39 Å². The van der Waals surface area contributed by atoms with Crippen LogP contribution in [0.25, 0.3) is 0 Å². The van der Waals surface area contributed by atoms with Gasteiger partial charge in [-0.15, -0.1) is 0 Å². The Morgan fingerprint density at radius 3 is 2.68 bits per heavy atom. The molecule has 22 heavy (non-hydrogen) atoms. The Morgan fingerprint density at radius 1 is 1.09 bits per heavy atom. The van der Waals surface area contributed by atoms with Gasteiger partial charge in [0.25, 0.3) is 0 Å². The predicted molar refractivity (Wildman–Crippen MR) is 85.7 cm³/mol. The van der Waals surface area contributed by atoms with Crippen LogP contribution in [-0.4, -0.2) is 12.5 Å². The summed E-state index contributed by atoms with van der Waals surface area (Å²) in [6, 6.07) is 14.7. The molecule has 0 radical (unpaired) electrons. The molecule has 2 N–H and O–H groups in total. The topological polar surface area (TPSA) is 41.1 Å². The number of aryl methyl sites for hydroxylation is 1. The van der Waals surface area contributed by atoms with Crippen LogP contribution >= 0.6 is 0 Å². The Labute approximate surface area is 130 Å². The van der Waals surface area contributed by atoms with E-state index in [4.69, 9.17) is 0 Å². The maximum atomic E-state index is 13.4. The van der Waals surface area contributed by atoms with E-state index in [9.17, 15) is 9.18 Å². The fourth-order valence-corrected chi connectivity index (χ4v) is 2.18. The van der Waals surface area contributed by atoms with Crippen molar-refractivity contribution in [2.24, 2.45) is 0 Å². The summed E-state index contributed by atoms with van der Waals surface area (Å²) < 4.78 is 13.4. The van der Waals surface area contributed by atoms with Crippen molar-refractivity contribution in [3.05, 3.63) is 71.0 Å². The van der Waals surface area contributed by atoms with Gasteiger partial charge < -0.3 is 10.6 Å². The molecule has 0 bridgehead atoms. The Morgan fingerprint density at radius 2 is 1.91 bits per heavy atom. The summed E-state index contributed by atoms with van der Waals surface area (Å²) in [5.41, 5.74) is 2.93. The standard InChI is InChI=1S/C18H21FN2O/c1-14-5-4-6-15(11-14)12-20-10-9-18(22)21-13-16-7-2-3-8-17(16)19/h2-8,11,20H,9-10,12-13H2,1H3,(H,21,22). The van der Waals surface area contributed by atoms with E-state index in [0.717, 1.165) is 6.54 Å². The molecule has 4 heteroatoms. The largest absolute Gasteiger partial charge is 0.352 e. The van der Waals surface area contributed by atoms with E-state index in [2.05, 4.69) is 35.8 Å². The number of rotatable bonds is 7. The minimum absolute atomic E-state index is 0.0833. The molecule has 3 nitrogen and oxygen atoms in total. The van der Waals surface area contributed by atoms with Crippen LogP contribution < -0.4 is 10.6 Å². The lowest BCUT2D eigenvalue weighted by Gasteiger charge is -2.08. The molecule has 0 unspecified atom stereocenters. The van der Waals surface area contributed by atoms with E-state index in [1.807, 2.05) is 6.07 Å². The second-order valence-corrected chi connectivity index (χ2v) is 5.28. The number of hydrogen-bond donors (Lipinski definition) is 2. The molecule has 0 heterocycles. The first kappa shape index (κ1) is 16.2. The lowest BCUT2D eigenvalue weighted by molar-refractivity contribution is -0.121. The first-order valence-electron chi connectivity index (χ1n) is 7.41. The summed E-state index contributed by atoms with van der Waals surface area (Å²) in [5.74, 6) is -0.375. The molecule has 1 amide bonds. The predicted octanol–water partition coefficient (Wildman–Crippen LogP) is 2.93. The molecule has 2 aromatic carbocycles. The molecule has 0 atom stereocenters. The summed E-state index contributed by atoms with van der Waals surface area (Å²) in [7, 11) is 0. The third-order valence-electron chi connectivity index (χ3n) is 3.37. The quantitative estimate of drug-likeness (QED) is 0.772. The number of carbonyl (C=O) groups excluding carboxylic acids is 1. The van der Waals surface area contributed by atoms with Gasteiger partial charge in [-0.25, -0.2) is 4.39 Å². The zero-order valence-electron chi connectivity index (χ0n) is 12.7. The van der Waals surface area contributed by atoms with Crippen molar-refractivity contribution in [2.45, 2.75) is 26.4 Å². The van der Waals surface area contributed by atoms with Gasteiger partial charge in [0.1, 0.15) is 5.82 Å². The van der Waals surface area contributed by atoms with E-state index < -0.39 is 0 Å². The Balaban J connectivity index is 1.65. The van der Waals surface area contributed by atoms with E-state index >= 15 is 0 Å². The van der Waals surface area contributed by atoms with Gasteiger partial charge in [0, 0.05) is 31.6 Å². The summed E-state index contributed by atoms with van der Waals surface area (Å²) in [6.45, 7) is 3.61. The van der Waals surface area contributed by atoms with Crippen molar-refractivity contribution >= 4 is 5.91 Å². The highest BCUT2D eigenvalue weighted by Gasteiger charge is 2.04. The second kappa shape index (κ2) is 8.29. The molecule has 0 aromatic heterocycles. The fraction of sp³-hybridized carbons (Fsp3) is 0.278. The van der Waals surface area contributed by atoms with Crippen molar-refractivity contribution in [1.29, 1.82) is 0 Å². The molecule has 0 saturated heterocycles. The van der Waals surface area contributed by atoms with Gasteiger partial charge >= 0.3 is 0 Å². The summed E-state index contributed by atoms with van der Waals surface area (Å²) in [5, 5.41) is 5.96. The van der Waals surface area contributed by atoms with Crippen molar-refractivity contribution < 1.29 is 9.18 Å². The lowest BCUT2D eigenvalue weighted by atomic mass is 10.1. The van der Waals surface area contributed by atoms with Gasteiger partial charge in [-0.1, -0.05) is 48.0 Å². The molecule has 2 aromatic rings. The molecule has 116 valence electrons. The monoisotopic (exact) mass is 300 g/mol. The van der Waals surface area contributed by atoms with Gasteiger partial charge in [0.15, 0.2) is 0 Å². The van der Waals surface area contributed by atoms with Crippen molar-refractivity contribution in [3.8, 4) is 0 Å². The Bertz CT molecular complexity index is 628. The molecular formula is C18H21FN2O. The SMILES string of the molecule is Cc1cccc(CNCCC(=O)NCc2ccccc2F)c1. The molecule has 2 rings (SSSR count). The van der Waals surface area contributed by atoms with Gasteiger partial charge in [-0.3, -0.25) is 4.79 Å². The third kappa shape index (κ3) is 5.30. The van der Waals surface area contributed by atoms with Crippen LogP contribution in [-0.2, 0) is 17.9 Å². The fourth-order valence-electron chi connectivity index (χ4n) is 2.18.